The predicted octanol–water partition coefficient (Wildman–Crippen LogP) is 2.17. The minimum atomic E-state index is -3.52. The van der Waals surface area contributed by atoms with Gasteiger partial charge in [0, 0.05) is 6.54 Å². The van der Waals surface area contributed by atoms with Crippen molar-refractivity contribution >= 4 is 10.0 Å². The molecule has 1 aromatic carbocycles. The van der Waals surface area contributed by atoms with Gasteiger partial charge in [0.1, 0.15) is 5.76 Å². The van der Waals surface area contributed by atoms with Crippen molar-refractivity contribution < 1.29 is 12.8 Å². The third kappa shape index (κ3) is 3.93. The van der Waals surface area contributed by atoms with Gasteiger partial charge >= 0.3 is 0 Å². The molecule has 6 heteroatoms. The molecule has 0 unspecified atom stereocenters. The zero-order valence-corrected chi connectivity index (χ0v) is 13.2. The topological polar surface area (TPSA) is 62.6 Å². The predicted molar refractivity (Wildman–Crippen MR) is 81.5 cm³/mol. The average Bonchev–Trinajstić information content (AvgIpc) is 2.92. The second-order valence-corrected chi connectivity index (χ2v) is 6.93. The van der Waals surface area contributed by atoms with Crippen molar-refractivity contribution in [1.82, 2.24) is 9.62 Å². The van der Waals surface area contributed by atoms with Gasteiger partial charge in [0.15, 0.2) is 0 Å². The number of hydrogen-bond acceptors (Lipinski definition) is 4. The van der Waals surface area contributed by atoms with Crippen LogP contribution in [0.5, 0.6) is 0 Å². The Morgan fingerprint density at radius 3 is 2.57 bits per heavy atom. The van der Waals surface area contributed by atoms with Gasteiger partial charge in [-0.3, -0.25) is 4.90 Å². The Morgan fingerprint density at radius 1 is 1.24 bits per heavy atom. The van der Waals surface area contributed by atoms with Gasteiger partial charge in [-0.1, -0.05) is 12.1 Å². The van der Waals surface area contributed by atoms with Crippen LogP contribution in [0.15, 0.2) is 52.0 Å². The van der Waals surface area contributed by atoms with Gasteiger partial charge in [-0.2, -0.15) is 0 Å². The van der Waals surface area contributed by atoms with Crippen molar-refractivity contribution in [2.75, 3.05) is 20.6 Å². The highest BCUT2D eigenvalue weighted by molar-refractivity contribution is 7.89. The number of nitrogens with zero attached hydrogens (tertiary/aromatic N) is 1. The summed E-state index contributed by atoms with van der Waals surface area (Å²) in [6.07, 6.45) is 1.58. The fraction of sp³-hybridized carbons (Fsp3) is 0.333. The molecule has 2 aromatic rings. The van der Waals surface area contributed by atoms with Crippen molar-refractivity contribution in [1.29, 1.82) is 0 Å². The van der Waals surface area contributed by atoms with Crippen LogP contribution in [-0.2, 0) is 10.0 Å². The van der Waals surface area contributed by atoms with Gasteiger partial charge in [0.2, 0.25) is 10.0 Å². The zero-order valence-electron chi connectivity index (χ0n) is 12.4. The first-order valence-electron chi connectivity index (χ1n) is 6.66. The van der Waals surface area contributed by atoms with E-state index >= 15 is 0 Å². The summed E-state index contributed by atoms with van der Waals surface area (Å²) >= 11 is 0. The molecule has 0 amide bonds. The van der Waals surface area contributed by atoms with Crippen molar-refractivity contribution in [3.05, 3.63) is 54.0 Å². The van der Waals surface area contributed by atoms with Crippen molar-refractivity contribution in [3.8, 4) is 0 Å². The van der Waals surface area contributed by atoms with Gasteiger partial charge in [0.05, 0.1) is 17.2 Å². The quantitative estimate of drug-likeness (QED) is 0.888. The van der Waals surface area contributed by atoms with Crippen LogP contribution < -0.4 is 4.72 Å². The third-order valence-electron chi connectivity index (χ3n) is 3.26. The molecule has 0 aliphatic carbocycles. The van der Waals surface area contributed by atoms with E-state index in [0.29, 0.717) is 0 Å². The zero-order chi connectivity index (χ0) is 15.5. The second-order valence-electron chi connectivity index (χ2n) is 5.16. The monoisotopic (exact) mass is 308 g/mol. The number of hydrogen-bond donors (Lipinski definition) is 1. The summed E-state index contributed by atoms with van der Waals surface area (Å²) in [7, 11) is 0.245. The van der Waals surface area contributed by atoms with E-state index in [2.05, 4.69) is 4.72 Å². The Balaban J connectivity index is 2.13. The van der Waals surface area contributed by atoms with Gasteiger partial charge < -0.3 is 4.42 Å². The summed E-state index contributed by atoms with van der Waals surface area (Å²) in [5, 5.41) is 0. The van der Waals surface area contributed by atoms with Crippen LogP contribution in [-0.4, -0.2) is 34.0 Å². The summed E-state index contributed by atoms with van der Waals surface area (Å²) in [5.41, 5.74) is 0.910. The fourth-order valence-electron chi connectivity index (χ4n) is 2.07. The van der Waals surface area contributed by atoms with E-state index in [9.17, 15) is 8.42 Å². The molecule has 5 nitrogen and oxygen atoms in total. The first-order chi connectivity index (χ1) is 9.90. The molecule has 2 rings (SSSR count). The molecule has 1 heterocycles. The first-order valence-corrected chi connectivity index (χ1v) is 8.14. The summed E-state index contributed by atoms with van der Waals surface area (Å²) in [4.78, 5) is 2.19. The summed E-state index contributed by atoms with van der Waals surface area (Å²) in [6.45, 7) is 2.11. The number of aryl methyl sites for hydroxylation is 1. The molecule has 1 atom stereocenters. The Hall–Kier alpha value is -1.63. The second kappa shape index (κ2) is 6.43. The minimum Gasteiger partial charge on any atom is -0.468 e. The summed E-state index contributed by atoms with van der Waals surface area (Å²) in [6, 6.07) is 10.3. The summed E-state index contributed by atoms with van der Waals surface area (Å²) < 4.78 is 32.7. The Bertz CT molecular complexity index is 679. The molecular weight excluding hydrogens is 288 g/mol. The van der Waals surface area contributed by atoms with E-state index in [1.54, 1.807) is 30.5 Å². The lowest BCUT2D eigenvalue weighted by molar-refractivity contribution is 0.259. The van der Waals surface area contributed by atoms with E-state index < -0.39 is 10.0 Å². The molecular formula is C15H20N2O3S. The lowest BCUT2D eigenvalue weighted by Gasteiger charge is -2.22. The van der Waals surface area contributed by atoms with Crippen LogP contribution in [0.3, 0.4) is 0 Å². The van der Waals surface area contributed by atoms with Crippen molar-refractivity contribution in [2.24, 2.45) is 0 Å². The maximum absolute atomic E-state index is 12.3. The number of furan rings is 1. The number of sulfonamides is 1. The van der Waals surface area contributed by atoms with Crippen LogP contribution in [0.4, 0.5) is 0 Å². The standard InChI is InChI=1S/C15H20N2O3S/c1-12-6-4-7-13(10-12)21(18,19)16-11-14(17(2)3)15-8-5-9-20-15/h4-10,14,16H,11H2,1-3H3/t14-/m0/s1. The molecule has 114 valence electrons. The Kier molecular flexibility index (Phi) is 4.82. The molecule has 0 saturated carbocycles. The van der Waals surface area contributed by atoms with Crippen molar-refractivity contribution in [2.45, 2.75) is 17.9 Å². The molecule has 0 spiro atoms. The third-order valence-corrected chi connectivity index (χ3v) is 4.68. The molecule has 0 aliphatic heterocycles. The Labute approximate surface area is 125 Å². The van der Waals surface area contributed by atoms with E-state index in [0.717, 1.165) is 11.3 Å². The van der Waals surface area contributed by atoms with Gasteiger partial charge in [0.25, 0.3) is 0 Å². The van der Waals surface area contributed by atoms with Crippen LogP contribution in [0.25, 0.3) is 0 Å². The largest absolute Gasteiger partial charge is 0.468 e. The van der Waals surface area contributed by atoms with Crippen LogP contribution in [0, 0.1) is 6.92 Å². The summed E-state index contributed by atoms with van der Waals surface area (Å²) in [5.74, 6) is 0.729. The van der Waals surface area contributed by atoms with Gasteiger partial charge in [-0.05, 0) is 50.8 Å². The smallest absolute Gasteiger partial charge is 0.240 e. The first kappa shape index (κ1) is 15.8. The molecule has 0 bridgehead atoms. The van der Waals surface area contributed by atoms with E-state index in [-0.39, 0.29) is 17.5 Å². The van der Waals surface area contributed by atoms with E-state index in [1.807, 2.05) is 38.1 Å². The van der Waals surface area contributed by atoms with Gasteiger partial charge in [-0.15, -0.1) is 0 Å². The highest BCUT2D eigenvalue weighted by Gasteiger charge is 2.21. The normalized spacial score (nSPS) is 13.5. The van der Waals surface area contributed by atoms with E-state index in [1.165, 1.54) is 0 Å². The molecule has 1 N–H and O–H groups in total. The molecule has 0 radical (unpaired) electrons. The fourth-order valence-corrected chi connectivity index (χ4v) is 3.22. The molecule has 0 fully saturated rings. The number of benzene rings is 1. The Morgan fingerprint density at radius 2 is 2.00 bits per heavy atom. The molecule has 0 aliphatic rings. The van der Waals surface area contributed by atoms with Crippen LogP contribution in [0.2, 0.25) is 0 Å². The maximum Gasteiger partial charge on any atom is 0.240 e. The molecule has 0 saturated heterocycles. The highest BCUT2D eigenvalue weighted by atomic mass is 32.2. The molecule has 1 aromatic heterocycles. The van der Waals surface area contributed by atoms with Crippen molar-refractivity contribution in [3.63, 3.8) is 0 Å². The minimum absolute atomic E-state index is 0.153. The lowest BCUT2D eigenvalue weighted by Crippen LogP contribution is -2.34. The number of rotatable bonds is 6. The lowest BCUT2D eigenvalue weighted by atomic mass is 10.2. The van der Waals surface area contributed by atoms with Crippen LogP contribution >= 0.6 is 0 Å². The average molecular weight is 308 g/mol. The SMILES string of the molecule is Cc1cccc(S(=O)(=O)NC[C@@H](c2ccco2)N(C)C)c1. The molecule has 21 heavy (non-hydrogen) atoms. The van der Waals surface area contributed by atoms with E-state index in [4.69, 9.17) is 4.42 Å². The number of likely N-dealkylation sites (N-methyl/N-ethyl adjacent to an activating group) is 1. The maximum atomic E-state index is 12.3. The van der Waals surface area contributed by atoms with Crippen LogP contribution in [0.1, 0.15) is 17.4 Å². The van der Waals surface area contributed by atoms with Gasteiger partial charge in [-0.25, -0.2) is 13.1 Å². The highest BCUT2D eigenvalue weighted by Crippen LogP contribution is 2.19. The number of nitrogens with one attached hydrogen (secondary N) is 1.